The van der Waals surface area contributed by atoms with Crippen molar-refractivity contribution in [2.24, 2.45) is 56.2 Å². The number of hydrogen-bond donors (Lipinski definition) is 13. The second kappa shape index (κ2) is 30.9. The van der Waals surface area contributed by atoms with Gasteiger partial charge in [-0.3, -0.25) is 53.1 Å². The Kier molecular flexibility index (Phi) is 24.9. The third-order valence-electron chi connectivity index (χ3n) is 12.7. The summed E-state index contributed by atoms with van der Waals surface area (Å²) < 4.78 is 0. The van der Waals surface area contributed by atoms with E-state index in [1.807, 2.05) is 24.3 Å². The first kappa shape index (κ1) is 61.2. The molecule has 26 heteroatoms. The van der Waals surface area contributed by atoms with Crippen LogP contribution in [0.2, 0.25) is 10.0 Å². The number of nitrogens with one attached hydrogen (secondary N) is 7. The van der Waals surface area contributed by atoms with Gasteiger partial charge in [0.2, 0.25) is 41.4 Å². The number of ketones is 2. The molecule has 414 valence electrons. The minimum atomic E-state index is -1.48. The molecule has 7 amide bonds. The van der Waals surface area contributed by atoms with E-state index in [0.717, 1.165) is 10.9 Å². The molecular weight excluding hydrogens is 1030 g/mol. The molecule has 19 N–H and O–H groups in total. The van der Waals surface area contributed by atoms with Gasteiger partial charge in [-0.05, 0) is 100 Å². The van der Waals surface area contributed by atoms with Gasteiger partial charge >= 0.3 is 0 Å². The molecule has 4 rings (SSSR count). The second-order valence-corrected chi connectivity index (χ2v) is 19.5. The van der Waals surface area contributed by atoms with Gasteiger partial charge in [0, 0.05) is 74.8 Å². The molecule has 76 heavy (non-hydrogen) atoms. The number of rotatable bonds is 18. The number of para-hydroxylation sites is 1. The van der Waals surface area contributed by atoms with Crippen molar-refractivity contribution in [3.05, 3.63) is 69.8 Å². The highest BCUT2D eigenvalue weighted by atomic mass is 35.5. The van der Waals surface area contributed by atoms with Gasteiger partial charge in [-0.1, -0.05) is 47.5 Å². The Bertz CT molecular complexity index is 2600. The number of hydrogen-bond acceptors (Lipinski definition) is 12. The van der Waals surface area contributed by atoms with E-state index in [4.69, 9.17) is 57.6 Å². The van der Waals surface area contributed by atoms with Crippen LogP contribution in [-0.2, 0) is 56.0 Å². The fourth-order valence-corrected chi connectivity index (χ4v) is 9.02. The summed E-state index contributed by atoms with van der Waals surface area (Å²) in [5.74, 6) is -8.80. The molecule has 1 aliphatic rings. The van der Waals surface area contributed by atoms with E-state index < -0.39 is 101 Å². The van der Waals surface area contributed by atoms with Crippen molar-refractivity contribution in [2.75, 3.05) is 26.2 Å². The molecule has 1 saturated heterocycles. The number of amides is 7. The first-order chi connectivity index (χ1) is 36.1. The van der Waals surface area contributed by atoms with Crippen molar-refractivity contribution in [3.63, 3.8) is 0 Å². The molecule has 0 spiro atoms. The molecule has 1 aliphatic heterocycles. The third-order valence-corrected chi connectivity index (χ3v) is 13.4. The van der Waals surface area contributed by atoms with Crippen LogP contribution in [0.25, 0.3) is 10.9 Å². The highest BCUT2D eigenvalue weighted by Crippen LogP contribution is 2.27. The summed E-state index contributed by atoms with van der Waals surface area (Å²) >= 11 is 12.6. The van der Waals surface area contributed by atoms with E-state index >= 15 is 0 Å². The molecule has 24 nitrogen and oxygen atoms in total. The van der Waals surface area contributed by atoms with E-state index in [-0.39, 0.29) is 125 Å². The lowest BCUT2D eigenvalue weighted by Gasteiger charge is -2.27. The van der Waals surface area contributed by atoms with Gasteiger partial charge in [-0.2, -0.15) is 0 Å². The fourth-order valence-electron chi connectivity index (χ4n) is 8.70. The highest BCUT2D eigenvalue weighted by Gasteiger charge is 2.35. The van der Waals surface area contributed by atoms with Crippen molar-refractivity contribution in [3.8, 4) is 0 Å². The van der Waals surface area contributed by atoms with Crippen LogP contribution in [0.15, 0.2) is 58.6 Å². The van der Waals surface area contributed by atoms with Crippen LogP contribution in [0.4, 0.5) is 0 Å². The van der Waals surface area contributed by atoms with E-state index in [1.165, 1.54) is 19.1 Å². The van der Waals surface area contributed by atoms with Crippen molar-refractivity contribution in [1.82, 2.24) is 36.9 Å². The average Bonchev–Trinajstić information content (AvgIpc) is 3.77. The first-order valence-electron chi connectivity index (χ1n) is 25.0. The number of halogens is 2. The Hall–Kier alpha value is -7.31. The summed E-state index contributed by atoms with van der Waals surface area (Å²) in [7, 11) is 0. The van der Waals surface area contributed by atoms with E-state index in [1.54, 1.807) is 12.3 Å². The molecule has 1 fully saturated rings. The zero-order valence-corrected chi connectivity index (χ0v) is 44.0. The fraction of sp³-hybridized carbons (Fsp3) is 0.500. The molecule has 0 unspecified atom stereocenters. The van der Waals surface area contributed by atoms with Gasteiger partial charge in [0.05, 0.1) is 16.1 Å². The number of aromatic amines is 1. The normalized spacial score (nSPS) is 21.2. The Morgan fingerprint density at radius 2 is 1.45 bits per heavy atom. The number of aliphatic imine (C=N–C) groups is 2. The molecule has 0 saturated carbocycles. The molecule has 2 aromatic carbocycles. The van der Waals surface area contributed by atoms with E-state index in [2.05, 4.69) is 46.9 Å². The Labute approximate surface area is 450 Å². The van der Waals surface area contributed by atoms with Crippen molar-refractivity contribution < 1.29 is 43.2 Å². The zero-order chi connectivity index (χ0) is 55.9. The zero-order valence-electron chi connectivity index (χ0n) is 42.5. The smallest absolute Gasteiger partial charge is 0.243 e. The molecule has 0 radical (unpaired) electrons. The maximum absolute atomic E-state index is 14.8. The Balaban J connectivity index is 1.78. The quantitative estimate of drug-likeness (QED) is 0.0434. The standard InChI is InChI=1S/C50H71Cl2N15O9/c1-27(68)63-37(11-6-20-61-50(57)58)46(74)65-38-14-15-43(71)59-18-5-10-36(44(54)72)64-45(73)30(23-31-26-62-35-9-3-2-8-32(31)35)25-41(69)29(7-4-19-60-49(55)56)24-42(70)40(22-28-12-13-33(51)34(52)21-28)67-48(76)39(16-17-53)66-47(38)75/h2-3,8-9,12-13,21,26,29-30,36-40,62H,4-7,10-11,14-20,22-25,53H2,1H3,(H2,54,72)(H,59,71)(H,63,68)(H,64,73)(H,65,74)(H,66,75)(H,67,76)(H4,55,56,60)(H4,57,58,61)/t29-,30-,36+,37+,38+,39+,40-/m1/s1. The van der Waals surface area contributed by atoms with Crippen molar-refractivity contribution >= 4 is 98.9 Å². The van der Waals surface area contributed by atoms with Crippen molar-refractivity contribution in [1.29, 1.82) is 0 Å². The maximum atomic E-state index is 14.8. The molecule has 0 aliphatic carbocycles. The van der Waals surface area contributed by atoms with E-state index in [0.29, 0.717) is 11.1 Å². The van der Waals surface area contributed by atoms with Crippen LogP contribution in [0.5, 0.6) is 0 Å². The number of fused-ring (bicyclic) bond motifs is 1. The summed E-state index contributed by atoms with van der Waals surface area (Å²) in [5, 5.41) is 17.1. The number of nitrogens with zero attached hydrogens (tertiary/aromatic N) is 2. The van der Waals surface area contributed by atoms with Crippen LogP contribution in [0, 0.1) is 11.8 Å². The molecule has 3 aromatic rings. The number of carbonyl (C=O) groups is 9. The lowest BCUT2D eigenvalue weighted by atomic mass is 9.83. The topological polar surface area (TPSA) is 422 Å². The van der Waals surface area contributed by atoms with Crippen LogP contribution < -0.4 is 66.3 Å². The van der Waals surface area contributed by atoms with Crippen LogP contribution in [0.1, 0.15) is 88.7 Å². The van der Waals surface area contributed by atoms with Gasteiger partial charge in [-0.25, -0.2) is 0 Å². The molecular formula is C50H71Cl2N15O9. The Morgan fingerprint density at radius 1 is 0.763 bits per heavy atom. The molecule has 2 heterocycles. The van der Waals surface area contributed by atoms with Crippen LogP contribution in [0.3, 0.4) is 0 Å². The number of primary amides is 1. The van der Waals surface area contributed by atoms with Gasteiger partial charge in [0.1, 0.15) is 30.0 Å². The monoisotopic (exact) mass is 1100 g/mol. The maximum Gasteiger partial charge on any atom is 0.243 e. The summed E-state index contributed by atoms with van der Waals surface area (Å²) in [6, 6.07) is 5.33. The summed E-state index contributed by atoms with van der Waals surface area (Å²) in [6.45, 7) is 1.27. The summed E-state index contributed by atoms with van der Waals surface area (Å²) in [5.41, 5.74) is 35.8. The average molecular weight is 1100 g/mol. The highest BCUT2D eigenvalue weighted by molar-refractivity contribution is 6.42. The van der Waals surface area contributed by atoms with Gasteiger partial charge in [-0.15, -0.1) is 0 Å². The largest absolute Gasteiger partial charge is 0.370 e. The van der Waals surface area contributed by atoms with E-state index in [9.17, 15) is 43.2 Å². The minimum absolute atomic E-state index is 0.00292. The van der Waals surface area contributed by atoms with Crippen LogP contribution in [-0.4, -0.2) is 126 Å². The van der Waals surface area contributed by atoms with Gasteiger partial charge < -0.3 is 71.3 Å². The molecule has 1 aromatic heterocycles. The number of guanidine groups is 2. The van der Waals surface area contributed by atoms with Gasteiger partial charge in [0.25, 0.3) is 0 Å². The summed E-state index contributed by atoms with van der Waals surface area (Å²) in [4.78, 5) is 136. The number of benzene rings is 2. The number of aromatic nitrogens is 1. The van der Waals surface area contributed by atoms with Gasteiger partial charge in [0.15, 0.2) is 17.7 Å². The predicted molar refractivity (Wildman–Crippen MR) is 288 cm³/mol. The summed E-state index contributed by atoms with van der Waals surface area (Å²) in [6.07, 6.45) is 0.683. The number of Topliss-reactive ketones (excluding diaryl/α,β-unsaturated/α-hetero) is 2. The lowest BCUT2D eigenvalue weighted by Crippen LogP contribution is -2.58. The number of nitrogens with two attached hydrogens (primary N) is 6. The minimum Gasteiger partial charge on any atom is -0.370 e. The SMILES string of the molecule is CC(=O)N[C@@H](CCCN=C(N)N)C(=O)N[C@H]1CCC(=O)NCCC[C@@H](C(N)=O)NC(=O)[C@H](Cc2c[nH]c3ccccc23)CC(=O)[C@H](CCCN=C(N)N)CC(=O)[C@@H](Cc2ccc(Cl)c(Cl)c2)NC(=O)[C@H](CCN)NC1=O. The Morgan fingerprint density at radius 3 is 2.12 bits per heavy atom. The van der Waals surface area contributed by atoms with Crippen LogP contribution >= 0.6 is 23.2 Å². The van der Waals surface area contributed by atoms with Crippen molar-refractivity contribution in [2.45, 2.75) is 121 Å². The molecule has 7 atom stereocenters. The predicted octanol–water partition coefficient (Wildman–Crippen LogP) is -0.514. The third kappa shape index (κ3) is 20.4. The lowest BCUT2D eigenvalue weighted by molar-refractivity contribution is -0.135. The number of H-pyrrole nitrogens is 1. The second-order valence-electron chi connectivity index (χ2n) is 18.7. The molecule has 0 bridgehead atoms. The number of carbonyl (C=O) groups excluding carboxylic acids is 9. The first-order valence-corrected chi connectivity index (χ1v) is 25.8.